The number of aliphatic imine (C=N–C) groups is 1. The topological polar surface area (TPSA) is 131 Å². The van der Waals surface area contributed by atoms with Gasteiger partial charge in [-0.25, -0.2) is 4.99 Å². The Morgan fingerprint density at radius 2 is 2.05 bits per heavy atom. The average Bonchev–Trinajstić information content (AvgIpc) is 2.77. The minimum absolute atomic E-state index is 0.0342. The van der Waals surface area contributed by atoms with Crippen molar-refractivity contribution in [2.45, 2.75) is 58.0 Å². The Labute approximate surface area is 125 Å². The Hall–Kier alpha value is -1.79. The molecule has 0 saturated heterocycles. The van der Waals surface area contributed by atoms with Crippen LogP contribution in [0.4, 0.5) is 0 Å². The van der Waals surface area contributed by atoms with Crippen molar-refractivity contribution in [1.29, 1.82) is 0 Å². The molecule has 0 bridgehead atoms. The van der Waals surface area contributed by atoms with Gasteiger partial charge in [-0.15, -0.1) is 0 Å². The van der Waals surface area contributed by atoms with E-state index in [1.54, 1.807) is 0 Å². The molecule has 1 unspecified atom stereocenters. The van der Waals surface area contributed by atoms with Crippen molar-refractivity contribution in [1.82, 2.24) is 5.32 Å². The van der Waals surface area contributed by atoms with E-state index in [1.807, 2.05) is 0 Å². The van der Waals surface area contributed by atoms with Crippen molar-refractivity contribution in [2.24, 2.45) is 28.3 Å². The monoisotopic (exact) mass is 298 g/mol. The van der Waals surface area contributed by atoms with Crippen LogP contribution in [0.3, 0.4) is 0 Å². The third kappa shape index (κ3) is 5.24. The number of aliphatic carboxylic acids is 1. The number of carbonyl (C=O) groups is 2. The Bertz CT molecular complexity index is 407. The summed E-state index contributed by atoms with van der Waals surface area (Å²) in [5.41, 5.74) is 10.9. The Morgan fingerprint density at radius 1 is 1.38 bits per heavy atom. The Morgan fingerprint density at radius 3 is 2.52 bits per heavy atom. The summed E-state index contributed by atoms with van der Waals surface area (Å²) in [4.78, 5) is 26.8. The van der Waals surface area contributed by atoms with Gasteiger partial charge < -0.3 is 21.9 Å². The second-order valence-corrected chi connectivity index (χ2v) is 5.74. The second kappa shape index (κ2) is 7.85. The van der Waals surface area contributed by atoms with E-state index in [2.05, 4.69) is 17.2 Å². The van der Waals surface area contributed by atoms with Crippen LogP contribution in [0.5, 0.6) is 0 Å². The van der Waals surface area contributed by atoms with E-state index in [4.69, 9.17) is 11.5 Å². The van der Waals surface area contributed by atoms with Crippen LogP contribution >= 0.6 is 0 Å². The smallest absolute Gasteiger partial charge is 0.306 e. The average molecular weight is 298 g/mol. The van der Waals surface area contributed by atoms with Crippen LogP contribution in [0.1, 0.15) is 46.0 Å². The summed E-state index contributed by atoms with van der Waals surface area (Å²) >= 11 is 0. The Balaban J connectivity index is 2.91. The molecule has 0 radical (unpaired) electrons. The number of nitrogens with one attached hydrogen (secondary N) is 1. The summed E-state index contributed by atoms with van der Waals surface area (Å²) in [6.45, 7) is 3.55. The van der Waals surface area contributed by atoms with Gasteiger partial charge in [-0.05, 0) is 19.3 Å². The third-order valence-corrected chi connectivity index (χ3v) is 4.02. The van der Waals surface area contributed by atoms with Crippen LogP contribution in [0.2, 0.25) is 0 Å². The predicted octanol–water partition coefficient (Wildman–Crippen LogP) is 0.434. The molecule has 1 amide bonds. The van der Waals surface area contributed by atoms with Crippen LogP contribution in [0.15, 0.2) is 4.99 Å². The summed E-state index contributed by atoms with van der Waals surface area (Å²) in [5.74, 6) is -1.47. The van der Waals surface area contributed by atoms with Crippen LogP contribution < -0.4 is 16.8 Å². The summed E-state index contributed by atoms with van der Waals surface area (Å²) < 4.78 is 0. The molecular weight excluding hydrogens is 272 g/mol. The van der Waals surface area contributed by atoms with Gasteiger partial charge in [0, 0.05) is 18.9 Å². The molecule has 0 aromatic heterocycles. The molecule has 6 N–H and O–H groups in total. The zero-order valence-corrected chi connectivity index (χ0v) is 12.7. The lowest BCUT2D eigenvalue weighted by atomic mass is 9.90. The number of carboxylic acids is 1. The predicted molar refractivity (Wildman–Crippen MR) is 80.6 cm³/mol. The first-order valence-electron chi connectivity index (χ1n) is 7.43. The number of unbranched alkanes of at least 4 members (excludes halogenated alkanes) is 1. The second-order valence-electron chi connectivity index (χ2n) is 5.74. The molecule has 1 aliphatic carbocycles. The van der Waals surface area contributed by atoms with E-state index >= 15 is 0 Å². The minimum atomic E-state index is -0.828. The number of carboxylic acid groups (broad SMARTS) is 1. The maximum absolute atomic E-state index is 11.4. The molecule has 7 heteroatoms. The number of amides is 1. The van der Waals surface area contributed by atoms with Gasteiger partial charge in [0.15, 0.2) is 5.96 Å². The van der Waals surface area contributed by atoms with Gasteiger partial charge in [-0.2, -0.15) is 0 Å². The van der Waals surface area contributed by atoms with Gasteiger partial charge in [0.2, 0.25) is 5.91 Å². The molecule has 0 aromatic rings. The van der Waals surface area contributed by atoms with Crippen LogP contribution in [-0.4, -0.2) is 35.0 Å². The van der Waals surface area contributed by atoms with E-state index < -0.39 is 11.9 Å². The first-order valence-corrected chi connectivity index (χ1v) is 7.43. The molecule has 1 aliphatic rings. The summed E-state index contributed by atoms with van der Waals surface area (Å²) in [6, 6.07) is -0.329. The normalized spacial score (nSPS) is 26.1. The molecule has 7 nitrogen and oxygen atoms in total. The van der Waals surface area contributed by atoms with Gasteiger partial charge in [-0.1, -0.05) is 19.8 Å². The molecule has 0 aromatic carbocycles. The van der Waals surface area contributed by atoms with Crippen molar-refractivity contribution in [2.75, 3.05) is 0 Å². The molecule has 4 atom stereocenters. The highest BCUT2D eigenvalue weighted by atomic mass is 16.4. The molecule has 21 heavy (non-hydrogen) atoms. The van der Waals surface area contributed by atoms with Crippen LogP contribution in [0.25, 0.3) is 0 Å². The van der Waals surface area contributed by atoms with Crippen molar-refractivity contribution in [3.8, 4) is 0 Å². The standard InChI is InChI=1S/C14H26N4O3/c1-3-4-5-11(17-8(2)19)10-6-9(13(20)21)7-12(10)18-14(15)16/h9-12H,3-7H2,1-2H3,(H,17,19)(H,20,21)(H4,15,16,18)/t9-,10?,11-,12-/m1/s1. The van der Waals surface area contributed by atoms with Gasteiger partial charge in [-0.3, -0.25) is 9.59 Å². The fraction of sp³-hybridized carbons (Fsp3) is 0.786. The van der Waals surface area contributed by atoms with Crippen molar-refractivity contribution in [3.63, 3.8) is 0 Å². The van der Waals surface area contributed by atoms with Gasteiger partial charge in [0.25, 0.3) is 0 Å². The molecule has 0 spiro atoms. The maximum atomic E-state index is 11.4. The van der Waals surface area contributed by atoms with Crippen LogP contribution in [0, 0.1) is 11.8 Å². The van der Waals surface area contributed by atoms with Gasteiger partial charge >= 0.3 is 5.97 Å². The van der Waals surface area contributed by atoms with Crippen LogP contribution in [-0.2, 0) is 9.59 Å². The number of hydrogen-bond acceptors (Lipinski definition) is 3. The quantitative estimate of drug-likeness (QED) is 0.400. The summed E-state index contributed by atoms with van der Waals surface area (Å²) in [7, 11) is 0. The lowest BCUT2D eigenvalue weighted by molar-refractivity contribution is -0.141. The maximum Gasteiger partial charge on any atom is 0.306 e. The van der Waals surface area contributed by atoms with Gasteiger partial charge in [0.1, 0.15) is 0 Å². The summed E-state index contributed by atoms with van der Waals surface area (Å²) in [6.07, 6.45) is 3.70. The number of guanidine groups is 1. The molecular formula is C14H26N4O3. The largest absolute Gasteiger partial charge is 0.481 e. The molecule has 1 rings (SSSR count). The van der Waals surface area contributed by atoms with E-state index in [9.17, 15) is 14.7 Å². The van der Waals surface area contributed by atoms with Crippen molar-refractivity contribution >= 4 is 17.8 Å². The number of rotatable bonds is 7. The molecule has 0 aliphatic heterocycles. The highest BCUT2D eigenvalue weighted by molar-refractivity contribution is 5.76. The zero-order valence-electron chi connectivity index (χ0n) is 12.7. The number of nitrogens with zero attached hydrogens (tertiary/aromatic N) is 1. The Kier molecular flexibility index (Phi) is 6.45. The lowest BCUT2D eigenvalue weighted by Gasteiger charge is -2.27. The molecule has 0 heterocycles. The number of hydrogen-bond donors (Lipinski definition) is 4. The number of nitrogens with two attached hydrogens (primary N) is 2. The third-order valence-electron chi connectivity index (χ3n) is 4.02. The molecule has 1 fully saturated rings. The minimum Gasteiger partial charge on any atom is -0.481 e. The SMILES string of the molecule is CCCC[C@@H](NC(C)=O)C1C[C@@H](C(=O)O)C[C@H]1N=C(N)N. The fourth-order valence-corrected chi connectivity index (χ4v) is 3.10. The highest BCUT2D eigenvalue weighted by Crippen LogP contribution is 2.37. The molecule has 120 valence electrons. The van der Waals surface area contributed by atoms with Crippen molar-refractivity contribution < 1.29 is 14.7 Å². The first kappa shape index (κ1) is 17.3. The van der Waals surface area contributed by atoms with Gasteiger partial charge in [0.05, 0.1) is 12.0 Å². The number of carbonyl (C=O) groups excluding carboxylic acids is 1. The summed E-state index contributed by atoms with van der Waals surface area (Å²) in [5, 5.41) is 12.2. The van der Waals surface area contributed by atoms with E-state index in [1.165, 1.54) is 6.92 Å². The van der Waals surface area contributed by atoms with E-state index in [0.29, 0.717) is 12.8 Å². The highest BCUT2D eigenvalue weighted by Gasteiger charge is 2.42. The fourth-order valence-electron chi connectivity index (χ4n) is 3.10. The van der Waals surface area contributed by atoms with E-state index in [-0.39, 0.29) is 29.9 Å². The first-order chi connectivity index (χ1) is 9.85. The lowest BCUT2D eigenvalue weighted by Crippen LogP contribution is -2.42. The van der Waals surface area contributed by atoms with E-state index in [0.717, 1.165) is 19.3 Å². The zero-order chi connectivity index (χ0) is 16.0. The molecule has 1 saturated carbocycles. The van der Waals surface area contributed by atoms with Crippen molar-refractivity contribution in [3.05, 3.63) is 0 Å².